The highest BCUT2D eigenvalue weighted by atomic mass is 32.1. The number of nitrogens with one attached hydrogen (secondary N) is 1. The fourth-order valence-electron chi connectivity index (χ4n) is 1.42. The van der Waals surface area contributed by atoms with Crippen LogP contribution < -0.4 is 5.32 Å². The highest BCUT2D eigenvalue weighted by Gasteiger charge is 2.06. The third-order valence-corrected chi connectivity index (χ3v) is 3.19. The molecule has 1 amide bonds. The highest BCUT2D eigenvalue weighted by molar-refractivity contribution is 7.10. The second-order valence-corrected chi connectivity index (χ2v) is 4.60. The fraction of sp³-hybridized carbons (Fsp3) is 0.250. The number of thiophene rings is 1. The van der Waals surface area contributed by atoms with E-state index in [2.05, 4.69) is 27.5 Å². The van der Waals surface area contributed by atoms with Crippen molar-refractivity contribution in [3.63, 3.8) is 0 Å². The maximum Gasteiger partial charge on any atom is 0.242 e. The number of aromatic nitrogens is 3. The van der Waals surface area contributed by atoms with E-state index < -0.39 is 0 Å². The molecule has 19 heavy (non-hydrogen) atoms. The van der Waals surface area contributed by atoms with Crippen molar-refractivity contribution in [2.24, 2.45) is 0 Å². The molecule has 0 saturated carbocycles. The first kappa shape index (κ1) is 13.3. The smallest absolute Gasteiger partial charge is 0.242 e. The minimum Gasteiger partial charge on any atom is -0.384 e. The summed E-state index contributed by atoms with van der Waals surface area (Å²) in [7, 11) is 0. The van der Waals surface area contributed by atoms with Gasteiger partial charge in [-0.2, -0.15) is 0 Å². The lowest BCUT2D eigenvalue weighted by atomic mass is 10.2. The van der Waals surface area contributed by atoms with Crippen LogP contribution in [0.5, 0.6) is 0 Å². The summed E-state index contributed by atoms with van der Waals surface area (Å²) in [5, 5.41) is 20.7. The number of aliphatic hydroxyl groups excluding tert-OH is 1. The lowest BCUT2D eigenvalue weighted by Gasteiger charge is -2.04. The monoisotopic (exact) mass is 276 g/mol. The second kappa shape index (κ2) is 6.68. The van der Waals surface area contributed by atoms with E-state index in [9.17, 15) is 4.79 Å². The summed E-state index contributed by atoms with van der Waals surface area (Å²) in [6, 6.07) is 1.87. The molecule has 2 heterocycles. The molecule has 0 unspecified atom stereocenters. The summed E-state index contributed by atoms with van der Waals surface area (Å²) in [5.74, 6) is 5.30. The van der Waals surface area contributed by atoms with Gasteiger partial charge in [0.1, 0.15) is 13.2 Å². The summed E-state index contributed by atoms with van der Waals surface area (Å²) < 4.78 is 1.45. The Morgan fingerprint density at radius 2 is 2.47 bits per heavy atom. The van der Waals surface area contributed by atoms with E-state index in [4.69, 9.17) is 5.11 Å². The van der Waals surface area contributed by atoms with Crippen molar-refractivity contribution in [2.45, 2.75) is 13.1 Å². The van der Waals surface area contributed by atoms with E-state index in [0.717, 1.165) is 10.4 Å². The Hall–Kier alpha value is -2.17. The van der Waals surface area contributed by atoms with Crippen molar-refractivity contribution >= 4 is 17.2 Å². The summed E-state index contributed by atoms with van der Waals surface area (Å²) in [6.45, 7) is 0.387. The minimum absolute atomic E-state index is 0.139. The molecule has 2 aromatic heterocycles. The van der Waals surface area contributed by atoms with Gasteiger partial charge in [0.15, 0.2) is 0 Å². The lowest BCUT2D eigenvalue weighted by Crippen LogP contribution is -2.27. The third kappa shape index (κ3) is 3.91. The predicted molar refractivity (Wildman–Crippen MR) is 70.2 cm³/mol. The van der Waals surface area contributed by atoms with Crippen molar-refractivity contribution in [2.75, 3.05) is 6.61 Å². The number of rotatable bonds is 4. The second-order valence-electron chi connectivity index (χ2n) is 3.59. The van der Waals surface area contributed by atoms with Gasteiger partial charge in [0.25, 0.3) is 0 Å². The van der Waals surface area contributed by atoms with Gasteiger partial charge in [0.05, 0.1) is 12.7 Å². The van der Waals surface area contributed by atoms with E-state index in [1.807, 2.05) is 11.4 Å². The van der Waals surface area contributed by atoms with Crippen LogP contribution in [-0.2, 0) is 17.9 Å². The van der Waals surface area contributed by atoms with E-state index >= 15 is 0 Å². The number of carbonyl (C=O) groups is 1. The standard InChI is InChI=1S/C12H12N4O2S/c17-6-1-2-10-3-7-19-11(10)8-13-12(18)9-16-5-4-14-15-16/h3-5,7,17H,6,8-9H2,(H,13,18). The molecule has 0 atom stereocenters. The van der Waals surface area contributed by atoms with Crippen molar-refractivity contribution in [1.82, 2.24) is 20.3 Å². The Bertz CT molecular complexity index is 595. The molecule has 7 heteroatoms. The molecule has 0 aromatic carbocycles. The number of hydrogen-bond acceptors (Lipinski definition) is 5. The number of nitrogens with zero attached hydrogens (tertiary/aromatic N) is 3. The zero-order chi connectivity index (χ0) is 13.5. The molecular formula is C12H12N4O2S. The predicted octanol–water partition coefficient (Wildman–Crippen LogP) is -0.000200. The average molecular weight is 276 g/mol. The highest BCUT2D eigenvalue weighted by Crippen LogP contribution is 2.15. The molecule has 2 rings (SSSR count). The first-order chi connectivity index (χ1) is 9.29. The molecule has 2 aromatic rings. The Labute approximate surface area is 114 Å². The fourth-order valence-corrected chi connectivity index (χ4v) is 2.19. The van der Waals surface area contributed by atoms with Crippen LogP contribution in [0.3, 0.4) is 0 Å². The average Bonchev–Trinajstić information content (AvgIpc) is 3.05. The molecule has 0 aliphatic carbocycles. The van der Waals surface area contributed by atoms with Gasteiger partial charge >= 0.3 is 0 Å². The van der Waals surface area contributed by atoms with Gasteiger partial charge in [-0.05, 0) is 11.4 Å². The lowest BCUT2D eigenvalue weighted by molar-refractivity contribution is -0.122. The molecule has 0 aliphatic heterocycles. The molecule has 98 valence electrons. The topological polar surface area (TPSA) is 80.0 Å². The molecular weight excluding hydrogens is 264 g/mol. The van der Waals surface area contributed by atoms with Crippen LogP contribution >= 0.6 is 11.3 Å². The van der Waals surface area contributed by atoms with Crippen LogP contribution in [0.25, 0.3) is 0 Å². The number of amides is 1. The first-order valence-corrected chi connectivity index (χ1v) is 6.44. The van der Waals surface area contributed by atoms with Crippen LogP contribution in [0.1, 0.15) is 10.4 Å². The minimum atomic E-state index is -0.173. The van der Waals surface area contributed by atoms with Crippen molar-refractivity contribution in [3.8, 4) is 11.8 Å². The molecule has 0 saturated heterocycles. The van der Waals surface area contributed by atoms with Gasteiger partial charge in [-0.15, -0.1) is 16.4 Å². The molecule has 6 nitrogen and oxygen atoms in total. The summed E-state index contributed by atoms with van der Waals surface area (Å²) in [6.07, 6.45) is 3.15. The van der Waals surface area contributed by atoms with Crippen LogP contribution in [0.2, 0.25) is 0 Å². The molecule has 0 bridgehead atoms. The van der Waals surface area contributed by atoms with E-state index in [-0.39, 0.29) is 19.1 Å². The summed E-state index contributed by atoms with van der Waals surface area (Å²) >= 11 is 1.52. The van der Waals surface area contributed by atoms with Crippen molar-refractivity contribution in [1.29, 1.82) is 0 Å². The van der Waals surface area contributed by atoms with Crippen molar-refractivity contribution in [3.05, 3.63) is 34.3 Å². The SMILES string of the molecule is O=C(Cn1ccnn1)NCc1sccc1C#CCO. The van der Waals surface area contributed by atoms with Crippen LogP contribution in [0.15, 0.2) is 23.8 Å². The quantitative estimate of drug-likeness (QED) is 0.770. The van der Waals surface area contributed by atoms with Crippen LogP contribution in [0.4, 0.5) is 0 Å². The summed E-state index contributed by atoms with van der Waals surface area (Å²) in [4.78, 5) is 12.6. The Morgan fingerprint density at radius 3 is 3.21 bits per heavy atom. The number of carbonyl (C=O) groups excluding carboxylic acids is 1. The van der Waals surface area contributed by atoms with Gasteiger partial charge in [-0.3, -0.25) is 4.79 Å². The van der Waals surface area contributed by atoms with E-state index in [1.165, 1.54) is 22.2 Å². The van der Waals surface area contributed by atoms with E-state index in [1.54, 1.807) is 6.20 Å². The van der Waals surface area contributed by atoms with Crippen molar-refractivity contribution < 1.29 is 9.90 Å². The van der Waals surface area contributed by atoms with E-state index in [0.29, 0.717) is 6.54 Å². The number of hydrogen-bond donors (Lipinski definition) is 2. The zero-order valence-electron chi connectivity index (χ0n) is 10.0. The maximum absolute atomic E-state index is 11.7. The van der Waals surface area contributed by atoms with Crippen LogP contribution in [0, 0.1) is 11.8 Å². The van der Waals surface area contributed by atoms with Gasteiger partial charge in [0.2, 0.25) is 5.91 Å². The molecule has 0 aliphatic rings. The summed E-state index contributed by atoms with van der Waals surface area (Å²) in [5.41, 5.74) is 0.833. The Kier molecular flexibility index (Phi) is 4.66. The molecule has 0 radical (unpaired) electrons. The molecule has 0 fully saturated rings. The van der Waals surface area contributed by atoms with Gasteiger partial charge in [-0.25, -0.2) is 4.68 Å². The van der Waals surface area contributed by atoms with Gasteiger partial charge in [0, 0.05) is 16.6 Å². The molecule has 2 N–H and O–H groups in total. The number of aliphatic hydroxyl groups is 1. The Balaban J connectivity index is 1.88. The van der Waals surface area contributed by atoms with Crippen LogP contribution in [-0.4, -0.2) is 32.6 Å². The Morgan fingerprint density at radius 1 is 1.58 bits per heavy atom. The first-order valence-electron chi connectivity index (χ1n) is 5.56. The van der Waals surface area contributed by atoms with Gasteiger partial charge in [-0.1, -0.05) is 17.1 Å². The van der Waals surface area contributed by atoms with Gasteiger partial charge < -0.3 is 10.4 Å². The largest absolute Gasteiger partial charge is 0.384 e. The zero-order valence-corrected chi connectivity index (χ0v) is 10.9. The third-order valence-electron chi connectivity index (χ3n) is 2.27. The molecule has 0 spiro atoms. The normalized spacial score (nSPS) is 9.74. The maximum atomic E-state index is 11.7.